The van der Waals surface area contributed by atoms with Gasteiger partial charge in [-0.1, -0.05) is 6.07 Å². The topological polar surface area (TPSA) is 60.1 Å². The van der Waals surface area contributed by atoms with Gasteiger partial charge in [-0.05, 0) is 30.3 Å². The van der Waals surface area contributed by atoms with E-state index in [-0.39, 0.29) is 17.2 Å². The lowest BCUT2D eigenvalue weighted by atomic mass is 10.2. The molecule has 29 heavy (non-hydrogen) atoms. The van der Waals surface area contributed by atoms with E-state index in [1.54, 1.807) is 34.0 Å². The average molecular weight is 422 g/mol. The van der Waals surface area contributed by atoms with Crippen LogP contribution in [-0.4, -0.2) is 54.0 Å². The molecule has 2 aromatic heterocycles. The smallest absolute Gasteiger partial charge is 0.337 e. The Morgan fingerprint density at radius 3 is 2.41 bits per heavy atom. The standard InChI is InChI=1S/C19H17F3N4O2S/c20-19(21,22)14-4-3-5-15(12-14)26-17(24-6-1-2-7-24)16(13-23-26)18(27)25-8-10-29(28)11-9-25/h1-7,12-13H,8-11H2. The fourth-order valence-electron chi connectivity index (χ4n) is 3.23. The fourth-order valence-corrected chi connectivity index (χ4v) is 4.28. The van der Waals surface area contributed by atoms with Gasteiger partial charge in [0.05, 0.1) is 17.4 Å². The van der Waals surface area contributed by atoms with E-state index >= 15 is 0 Å². The maximum absolute atomic E-state index is 13.1. The molecule has 1 aromatic carbocycles. The summed E-state index contributed by atoms with van der Waals surface area (Å²) in [7, 11) is -0.931. The molecule has 10 heteroatoms. The average Bonchev–Trinajstić information content (AvgIpc) is 3.37. The zero-order valence-electron chi connectivity index (χ0n) is 15.2. The Kier molecular flexibility index (Phi) is 5.03. The van der Waals surface area contributed by atoms with Gasteiger partial charge in [-0.15, -0.1) is 0 Å². The molecule has 1 amide bonds. The molecule has 3 heterocycles. The lowest BCUT2D eigenvalue weighted by Crippen LogP contribution is -2.42. The van der Waals surface area contributed by atoms with Crippen LogP contribution in [0.3, 0.4) is 0 Å². The van der Waals surface area contributed by atoms with Crippen LogP contribution in [0.1, 0.15) is 15.9 Å². The van der Waals surface area contributed by atoms with Crippen molar-refractivity contribution in [3.05, 3.63) is 66.1 Å². The Bertz CT molecular complexity index is 1050. The molecular formula is C19H17F3N4O2S. The number of hydrogen-bond donors (Lipinski definition) is 0. The molecule has 0 spiro atoms. The van der Waals surface area contributed by atoms with E-state index in [4.69, 9.17) is 0 Å². The molecule has 3 aromatic rings. The highest BCUT2D eigenvalue weighted by Crippen LogP contribution is 2.31. The van der Waals surface area contributed by atoms with Gasteiger partial charge in [0.1, 0.15) is 5.56 Å². The number of carbonyl (C=O) groups excluding carboxylic acids is 1. The van der Waals surface area contributed by atoms with Crippen LogP contribution in [0, 0.1) is 0 Å². The summed E-state index contributed by atoms with van der Waals surface area (Å²) >= 11 is 0. The molecule has 0 radical (unpaired) electrons. The summed E-state index contributed by atoms with van der Waals surface area (Å²) in [6.07, 6.45) is 0.273. The van der Waals surface area contributed by atoms with Gasteiger partial charge >= 0.3 is 6.18 Å². The molecule has 6 nitrogen and oxygen atoms in total. The molecule has 0 unspecified atom stereocenters. The van der Waals surface area contributed by atoms with Gasteiger partial charge in [-0.3, -0.25) is 9.00 Å². The molecule has 0 atom stereocenters. The second kappa shape index (κ2) is 7.51. The highest BCUT2D eigenvalue weighted by Gasteiger charge is 2.31. The first-order valence-electron chi connectivity index (χ1n) is 8.88. The van der Waals surface area contributed by atoms with Gasteiger partial charge in [-0.25, -0.2) is 4.68 Å². The molecule has 152 valence electrons. The molecule has 0 saturated carbocycles. The summed E-state index contributed by atoms with van der Waals surface area (Å²) in [5, 5.41) is 4.22. The zero-order valence-corrected chi connectivity index (χ0v) is 16.0. The fraction of sp³-hybridized carbons (Fsp3) is 0.263. The predicted molar refractivity (Wildman–Crippen MR) is 102 cm³/mol. The van der Waals surface area contributed by atoms with E-state index in [0.717, 1.165) is 12.1 Å². The minimum absolute atomic E-state index is 0.197. The minimum Gasteiger partial charge on any atom is -0.337 e. The molecule has 1 saturated heterocycles. The van der Waals surface area contributed by atoms with E-state index in [9.17, 15) is 22.2 Å². The third-order valence-corrected chi connectivity index (χ3v) is 5.98. The number of aromatic nitrogens is 3. The molecule has 0 N–H and O–H groups in total. The van der Waals surface area contributed by atoms with Crippen molar-refractivity contribution in [2.75, 3.05) is 24.6 Å². The van der Waals surface area contributed by atoms with Crippen molar-refractivity contribution < 1.29 is 22.2 Å². The van der Waals surface area contributed by atoms with Crippen molar-refractivity contribution in [1.82, 2.24) is 19.2 Å². The summed E-state index contributed by atoms with van der Waals surface area (Å²) in [6.45, 7) is 0.733. The van der Waals surface area contributed by atoms with Crippen LogP contribution < -0.4 is 0 Å². The highest BCUT2D eigenvalue weighted by molar-refractivity contribution is 7.85. The van der Waals surface area contributed by atoms with Gasteiger partial charge in [0, 0.05) is 47.8 Å². The third-order valence-electron chi connectivity index (χ3n) is 4.71. The normalized spacial score (nSPS) is 15.6. The molecule has 0 aliphatic carbocycles. The third kappa shape index (κ3) is 3.84. The lowest BCUT2D eigenvalue weighted by Gasteiger charge is -2.26. The second-order valence-corrected chi connectivity index (χ2v) is 8.27. The first kappa shape index (κ1) is 19.4. The Balaban J connectivity index is 1.79. The van der Waals surface area contributed by atoms with E-state index in [2.05, 4.69) is 5.10 Å². The molecular weight excluding hydrogens is 405 g/mol. The molecule has 1 aliphatic heterocycles. The number of halogens is 3. The van der Waals surface area contributed by atoms with E-state index in [1.807, 2.05) is 0 Å². The maximum Gasteiger partial charge on any atom is 0.416 e. The number of nitrogens with zero attached hydrogens (tertiary/aromatic N) is 4. The number of amides is 1. The lowest BCUT2D eigenvalue weighted by molar-refractivity contribution is -0.137. The molecule has 0 bridgehead atoms. The summed E-state index contributed by atoms with van der Waals surface area (Å²) in [5.41, 5.74) is -0.330. The number of benzene rings is 1. The van der Waals surface area contributed by atoms with Crippen molar-refractivity contribution in [3.63, 3.8) is 0 Å². The Morgan fingerprint density at radius 1 is 1.07 bits per heavy atom. The van der Waals surface area contributed by atoms with Crippen molar-refractivity contribution in [2.45, 2.75) is 6.18 Å². The summed E-state index contributed by atoms with van der Waals surface area (Å²) in [5.74, 6) is 0.883. The van der Waals surface area contributed by atoms with Crippen LogP contribution >= 0.6 is 0 Å². The van der Waals surface area contributed by atoms with Crippen molar-refractivity contribution in [2.24, 2.45) is 0 Å². The van der Waals surface area contributed by atoms with Crippen molar-refractivity contribution >= 4 is 16.7 Å². The van der Waals surface area contributed by atoms with Gasteiger partial charge in [-0.2, -0.15) is 18.3 Å². The van der Waals surface area contributed by atoms with E-state index in [1.165, 1.54) is 23.0 Å². The Labute approximate surface area is 167 Å². The number of rotatable bonds is 3. The summed E-state index contributed by atoms with van der Waals surface area (Å²) in [4.78, 5) is 14.7. The summed E-state index contributed by atoms with van der Waals surface area (Å²) in [6, 6.07) is 8.30. The van der Waals surface area contributed by atoms with Gasteiger partial charge in [0.2, 0.25) is 0 Å². The first-order valence-corrected chi connectivity index (χ1v) is 10.4. The van der Waals surface area contributed by atoms with Crippen LogP contribution in [0.25, 0.3) is 11.5 Å². The number of hydrogen-bond acceptors (Lipinski definition) is 3. The van der Waals surface area contributed by atoms with Crippen LogP contribution in [0.15, 0.2) is 55.0 Å². The highest BCUT2D eigenvalue weighted by atomic mass is 32.2. The Morgan fingerprint density at radius 2 is 1.76 bits per heavy atom. The van der Waals surface area contributed by atoms with E-state index in [0.29, 0.717) is 30.4 Å². The monoisotopic (exact) mass is 422 g/mol. The zero-order chi connectivity index (χ0) is 20.6. The van der Waals surface area contributed by atoms with Crippen LogP contribution in [-0.2, 0) is 17.0 Å². The molecule has 1 fully saturated rings. The van der Waals surface area contributed by atoms with Gasteiger partial charge in [0.25, 0.3) is 5.91 Å². The number of carbonyl (C=O) groups is 1. The predicted octanol–water partition coefficient (Wildman–Crippen LogP) is 2.89. The quantitative estimate of drug-likeness (QED) is 0.652. The van der Waals surface area contributed by atoms with Crippen molar-refractivity contribution in [1.29, 1.82) is 0 Å². The van der Waals surface area contributed by atoms with Crippen LogP contribution in [0.2, 0.25) is 0 Å². The van der Waals surface area contributed by atoms with Crippen LogP contribution in [0.4, 0.5) is 13.2 Å². The molecule has 1 aliphatic rings. The largest absolute Gasteiger partial charge is 0.416 e. The first-order chi connectivity index (χ1) is 13.8. The second-order valence-electron chi connectivity index (χ2n) is 6.57. The Hall–Kier alpha value is -2.88. The van der Waals surface area contributed by atoms with Crippen molar-refractivity contribution in [3.8, 4) is 11.5 Å². The number of alkyl halides is 3. The van der Waals surface area contributed by atoms with Crippen LogP contribution in [0.5, 0.6) is 0 Å². The summed E-state index contributed by atoms with van der Waals surface area (Å²) < 4.78 is 54.0. The van der Waals surface area contributed by atoms with E-state index < -0.39 is 22.5 Å². The molecule has 4 rings (SSSR count). The van der Waals surface area contributed by atoms with Gasteiger partial charge in [0.15, 0.2) is 5.82 Å². The maximum atomic E-state index is 13.1. The minimum atomic E-state index is -4.49. The van der Waals surface area contributed by atoms with Gasteiger partial charge < -0.3 is 9.47 Å². The SMILES string of the molecule is O=C(c1cnn(-c2cccc(C(F)(F)F)c2)c1-n1cccc1)N1CCS(=O)CC1.